The van der Waals surface area contributed by atoms with Gasteiger partial charge >= 0.3 is 0 Å². The molecule has 0 spiro atoms. The Labute approximate surface area is 118 Å². The Morgan fingerprint density at radius 1 is 1.45 bits per heavy atom. The Hall–Kier alpha value is -2.30. The minimum absolute atomic E-state index is 0.111. The van der Waals surface area contributed by atoms with Crippen molar-refractivity contribution >= 4 is 23.2 Å². The van der Waals surface area contributed by atoms with Crippen LogP contribution in [0.25, 0.3) is 0 Å². The van der Waals surface area contributed by atoms with Crippen molar-refractivity contribution in [3.05, 3.63) is 30.4 Å². The van der Waals surface area contributed by atoms with E-state index in [1.165, 1.54) is 6.92 Å². The van der Waals surface area contributed by atoms with Gasteiger partial charge in [-0.25, -0.2) is 0 Å². The minimum atomic E-state index is -0.520. The molecular weight excluding hydrogens is 256 g/mol. The lowest BCUT2D eigenvalue weighted by atomic mass is 10.1. The molecule has 5 heteroatoms. The number of anilines is 2. The van der Waals surface area contributed by atoms with Crippen molar-refractivity contribution in [2.75, 3.05) is 16.8 Å². The van der Waals surface area contributed by atoms with Gasteiger partial charge in [0.2, 0.25) is 5.91 Å². The van der Waals surface area contributed by atoms with Crippen molar-refractivity contribution in [3.63, 3.8) is 0 Å². The molecule has 20 heavy (non-hydrogen) atoms. The molecule has 1 heterocycles. The number of benzene rings is 1. The first kappa shape index (κ1) is 14.1. The number of carbonyl (C=O) groups is 2. The molecule has 0 saturated carbocycles. The van der Waals surface area contributed by atoms with E-state index in [1.807, 2.05) is 6.92 Å². The predicted molar refractivity (Wildman–Crippen MR) is 78.0 cm³/mol. The number of amides is 2. The largest absolute Gasteiger partial charge is 0.479 e. The molecule has 0 fully saturated rings. The molecule has 1 N–H and O–H groups in total. The number of carbonyl (C=O) groups excluding carboxylic acids is 2. The van der Waals surface area contributed by atoms with E-state index in [9.17, 15) is 9.59 Å². The monoisotopic (exact) mass is 274 g/mol. The molecule has 0 aliphatic carbocycles. The molecule has 5 nitrogen and oxygen atoms in total. The molecular formula is C15H18N2O3. The smallest absolute Gasteiger partial charge is 0.268 e. The van der Waals surface area contributed by atoms with Gasteiger partial charge in [0.05, 0.1) is 5.69 Å². The summed E-state index contributed by atoms with van der Waals surface area (Å²) in [5.74, 6) is 0.362. The molecule has 1 aromatic rings. The van der Waals surface area contributed by atoms with Crippen molar-refractivity contribution in [1.82, 2.24) is 0 Å². The van der Waals surface area contributed by atoms with Crippen LogP contribution < -0.4 is 15.0 Å². The van der Waals surface area contributed by atoms with Crippen LogP contribution in [0.2, 0.25) is 0 Å². The second-order valence-corrected chi connectivity index (χ2v) is 5.01. The molecule has 1 atom stereocenters. The molecule has 1 aromatic carbocycles. The van der Waals surface area contributed by atoms with Crippen LogP contribution in [0.5, 0.6) is 5.75 Å². The van der Waals surface area contributed by atoms with E-state index < -0.39 is 6.10 Å². The van der Waals surface area contributed by atoms with E-state index in [-0.39, 0.29) is 11.8 Å². The fourth-order valence-corrected chi connectivity index (χ4v) is 2.12. The van der Waals surface area contributed by atoms with Gasteiger partial charge < -0.3 is 15.0 Å². The van der Waals surface area contributed by atoms with Gasteiger partial charge in [0.15, 0.2) is 6.10 Å². The summed E-state index contributed by atoms with van der Waals surface area (Å²) in [4.78, 5) is 25.0. The Morgan fingerprint density at radius 3 is 2.75 bits per heavy atom. The lowest BCUT2D eigenvalue weighted by Gasteiger charge is -2.33. The maximum atomic E-state index is 12.2. The molecule has 1 unspecified atom stereocenters. The summed E-state index contributed by atoms with van der Waals surface area (Å²) >= 11 is 0. The summed E-state index contributed by atoms with van der Waals surface area (Å²) in [7, 11) is 0. The zero-order valence-corrected chi connectivity index (χ0v) is 11.9. The Bertz CT molecular complexity index is 580. The molecule has 2 amide bonds. The molecule has 0 bridgehead atoms. The van der Waals surface area contributed by atoms with Crippen LogP contribution in [0.1, 0.15) is 20.8 Å². The van der Waals surface area contributed by atoms with Crippen LogP contribution in [-0.2, 0) is 9.59 Å². The van der Waals surface area contributed by atoms with Gasteiger partial charge in [0, 0.05) is 19.2 Å². The normalized spacial score (nSPS) is 17.2. The van der Waals surface area contributed by atoms with E-state index >= 15 is 0 Å². The quantitative estimate of drug-likeness (QED) is 0.861. The minimum Gasteiger partial charge on any atom is -0.479 e. The highest BCUT2D eigenvalue weighted by molar-refractivity contribution is 6.01. The van der Waals surface area contributed by atoms with Crippen LogP contribution >= 0.6 is 0 Å². The molecule has 0 aromatic heterocycles. The Balaban J connectivity index is 2.42. The summed E-state index contributed by atoms with van der Waals surface area (Å²) in [6, 6.07) is 5.25. The van der Waals surface area contributed by atoms with Gasteiger partial charge in [-0.05, 0) is 32.0 Å². The van der Waals surface area contributed by atoms with E-state index in [0.29, 0.717) is 23.7 Å². The van der Waals surface area contributed by atoms with Gasteiger partial charge in [-0.1, -0.05) is 12.2 Å². The van der Waals surface area contributed by atoms with Crippen LogP contribution in [0.15, 0.2) is 30.4 Å². The summed E-state index contributed by atoms with van der Waals surface area (Å²) in [5, 5.41) is 2.70. The van der Waals surface area contributed by atoms with Gasteiger partial charge in [-0.3, -0.25) is 9.59 Å². The zero-order chi connectivity index (χ0) is 14.9. The fraction of sp³-hybridized carbons (Fsp3) is 0.333. The second-order valence-electron chi connectivity index (χ2n) is 5.01. The summed E-state index contributed by atoms with van der Waals surface area (Å²) in [5.41, 5.74) is 2.17. The maximum absolute atomic E-state index is 12.2. The van der Waals surface area contributed by atoms with E-state index in [0.717, 1.165) is 5.57 Å². The highest BCUT2D eigenvalue weighted by Crippen LogP contribution is 2.36. The van der Waals surface area contributed by atoms with Crippen LogP contribution in [0, 0.1) is 0 Å². The predicted octanol–water partition coefficient (Wildman–Crippen LogP) is 2.34. The summed E-state index contributed by atoms with van der Waals surface area (Å²) < 4.78 is 5.58. The van der Waals surface area contributed by atoms with Crippen molar-refractivity contribution < 1.29 is 14.3 Å². The SMILES string of the molecule is C=C(C)CN1C(=O)C(C)Oc2ccc(NC(C)=O)cc21. The average Bonchev–Trinajstić information content (AvgIpc) is 2.34. The Morgan fingerprint density at radius 2 is 2.15 bits per heavy atom. The lowest BCUT2D eigenvalue weighted by Crippen LogP contribution is -2.45. The van der Waals surface area contributed by atoms with Crippen LogP contribution in [0.4, 0.5) is 11.4 Å². The first-order chi connectivity index (χ1) is 9.38. The van der Waals surface area contributed by atoms with Crippen molar-refractivity contribution in [3.8, 4) is 5.75 Å². The molecule has 0 saturated heterocycles. The Kier molecular flexibility index (Phi) is 3.79. The number of hydrogen-bond donors (Lipinski definition) is 1. The third-order valence-electron chi connectivity index (χ3n) is 2.92. The van der Waals surface area contributed by atoms with E-state index in [2.05, 4.69) is 11.9 Å². The lowest BCUT2D eigenvalue weighted by molar-refractivity contribution is -0.125. The number of ether oxygens (including phenoxy) is 1. The zero-order valence-electron chi connectivity index (χ0n) is 11.9. The van der Waals surface area contributed by atoms with Gasteiger partial charge in [-0.2, -0.15) is 0 Å². The number of nitrogens with one attached hydrogen (secondary N) is 1. The fourth-order valence-electron chi connectivity index (χ4n) is 2.12. The molecule has 106 valence electrons. The standard InChI is InChI=1S/C15H18N2O3/c1-9(2)8-17-13-7-12(16-11(4)18)5-6-14(13)20-10(3)15(17)19/h5-7,10H,1,8H2,2-4H3,(H,16,18). The molecule has 1 aliphatic heterocycles. The van der Waals surface area contributed by atoms with E-state index in [1.54, 1.807) is 30.0 Å². The second kappa shape index (κ2) is 5.36. The van der Waals surface area contributed by atoms with Crippen molar-refractivity contribution in [2.45, 2.75) is 26.9 Å². The first-order valence-corrected chi connectivity index (χ1v) is 6.42. The van der Waals surface area contributed by atoms with Crippen molar-refractivity contribution in [1.29, 1.82) is 0 Å². The topological polar surface area (TPSA) is 58.6 Å². The molecule has 1 aliphatic rings. The highest BCUT2D eigenvalue weighted by Gasteiger charge is 2.31. The highest BCUT2D eigenvalue weighted by atomic mass is 16.5. The van der Waals surface area contributed by atoms with Crippen molar-refractivity contribution in [2.24, 2.45) is 0 Å². The van der Waals surface area contributed by atoms with Gasteiger partial charge in [0.1, 0.15) is 5.75 Å². The number of hydrogen-bond acceptors (Lipinski definition) is 3. The van der Waals surface area contributed by atoms with Gasteiger partial charge in [0.25, 0.3) is 5.91 Å². The molecule has 0 radical (unpaired) electrons. The molecule has 2 rings (SSSR count). The van der Waals surface area contributed by atoms with Crippen LogP contribution in [-0.4, -0.2) is 24.5 Å². The number of rotatable bonds is 3. The maximum Gasteiger partial charge on any atom is 0.268 e. The van der Waals surface area contributed by atoms with Gasteiger partial charge in [-0.15, -0.1) is 0 Å². The third-order valence-corrected chi connectivity index (χ3v) is 2.92. The number of nitrogens with zero attached hydrogens (tertiary/aromatic N) is 1. The average molecular weight is 274 g/mol. The first-order valence-electron chi connectivity index (χ1n) is 6.42. The van der Waals surface area contributed by atoms with E-state index in [4.69, 9.17) is 4.74 Å². The summed E-state index contributed by atoms with van der Waals surface area (Å²) in [6.45, 7) is 9.31. The summed E-state index contributed by atoms with van der Waals surface area (Å²) in [6.07, 6.45) is -0.520. The third kappa shape index (κ3) is 2.82. The van der Waals surface area contributed by atoms with Crippen LogP contribution in [0.3, 0.4) is 0 Å². The number of fused-ring (bicyclic) bond motifs is 1.